The van der Waals surface area contributed by atoms with Gasteiger partial charge in [-0.15, -0.1) is 0 Å². The molecule has 0 heterocycles. The van der Waals surface area contributed by atoms with Gasteiger partial charge >= 0.3 is 0 Å². The Bertz CT molecular complexity index is 464. The van der Waals surface area contributed by atoms with E-state index in [0.717, 1.165) is 5.69 Å². The van der Waals surface area contributed by atoms with Crippen LogP contribution in [0.1, 0.15) is 13.8 Å². The van der Waals surface area contributed by atoms with Crippen molar-refractivity contribution in [2.45, 2.75) is 19.9 Å². The number of benzene rings is 1. The molecular weight excluding hydrogens is 262 g/mol. The normalized spacial score (nSPS) is 12.7. The second kappa shape index (κ2) is 6.99. The number of anilines is 1. The molecule has 0 aliphatic carbocycles. The van der Waals surface area contributed by atoms with Crippen LogP contribution in [0.2, 0.25) is 5.02 Å². The lowest BCUT2D eigenvalue weighted by Gasteiger charge is -2.22. The van der Waals surface area contributed by atoms with Crippen LogP contribution in [-0.2, 0) is 0 Å². The Morgan fingerprint density at radius 3 is 2.37 bits per heavy atom. The predicted octanol–water partition coefficient (Wildman–Crippen LogP) is 2.39. The summed E-state index contributed by atoms with van der Waals surface area (Å²) in [6.45, 7) is 4.08. The summed E-state index contributed by atoms with van der Waals surface area (Å²) in [7, 11) is 3.55. The molecular formula is C13H20ClN5. The van der Waals surface area contributed by atoms with Crippen molar-refractivity contribution in [2.24, 2.45) is 15.7 Å². The maximum atomic E-state index is 5.91. The third-order valence-corrected chi connectivity index (χ3v) is 2.92. The molecule has 1 aromatic rings. The van der Waals surface area contributed by atoms with Gasteiger partial charge in [0.25, 0.3) is 0 Å². The number of guanidine groups is 2. The Hall–Kier alpha value is -1.75. The Kier molecular flexibility index (Phi) is 5.63. The molecule has 0 bridgehead atoms. The highest BCUT2D eigenvalue weighted by Gasteiger charge is 2.07. The Balaban J connectivity index is 2.80. The fourth-order valence-electron chi connectivity index (χ4n) is 1.25. The lowest BCUT2D eigenvalue weighted by Crippen LogP contribution is -2.39. The molecule has 0 aromatic heterocycles. The van der Waals surface area contributed by atoms with Crippen LogP contribution in [0.15, 0.2) is 34.3 Å². The first-order valence-corrected chi connectivity index (χ1v) is 6.38. The summed E-state index contributed by atoms with van der Waals surface area (Å²) in [5, 5.41) is 3.76. The predicted molar refractivity (Wildman–Crippen MR) is 83.0 cm³/mol. The highest BCUT2D eigenvalue weighted by molar-refractivity contribution is 6.30. The molecule has 5 nitrogen and oxygen atoms in total. The van der Waals surface area contributed by atoms with Crippen LogP contribution < -0.4 is 11.1 Å². The molecule has 0 radical (unpaired) electrons. The van der Waals surface area contributed by atoms with Crippen LogP contribution in [0, 0.1) is 0 Å². The highest BCUT2D eigenvalue weighted by atomic mass is 35.5. The van der Waals surface area contributed by atoms with Gasteiger partial charge in [0.15, 0.2) is 5.96 Å². The molecule has 0 spiro atoms. The van der Waals surface area contributed by atoms with Gasteiger partial charge in [-0.2, -0.15) is 4.99 Å². The Morgan fingerprint density at radius 2 is 1.89 bits per heavy atom. The standard InChI is InChI=1S/C13H20ClN5/c1-9(2)19(4)12(15)18-13(16-3)17-11-7-5-10(14)6-8-11/h5-9H,1-4H3,(H3,15,16,17,18). The molecule has 0 amide bonds. The summed E-state index contributed by atoms with van der Waals surface area (Å²) < 4.78 is 0. The zero-order valence-electron chi connectivity index (χ0n) is 11.7. The third-order valence-electron chi connectivity index (χ3n) is 2.67. The lowest BCUT2D eigenvalue weighted by molar-refractivity contribution is 0.413. The van der Waals surface area contributed by atoms with Gasteiger partial charge in [0.1, 0.15) is 0 Å². The van der Waals surface area contributed by atoms with Crippen molar-refractivity contribution in [3.05, 3.63) is 29.3 Å². The summed E-state index contributed by atoms with van der Waals surface area (Å²) in [6, 6.07) is 7.57. The van der Waals surface area contributed by atoms with E-state index in [9.17, 15) is 0 Å². The lowest BCUT2D eigenvalue weighted by atomic mass is 10.3. The van der Waals surface area contributed by atoms with E-state index in [1.165, 1.54) is 0 Å². The summed E-state index contributed by atoms with van der Waals surface area (Å²) >= 11 is 5.83. The van der Waals surface area contributed by atoms with E-state index in [0.29, 0.717) is 16.9 Å². The van der Waals surface area contributed by atoms with Crippen molar-refractivity contribution in [3.63, 3.8) is 0 Å². The summed E-state index contributed by atoms with van der Waals surface area (Å²) in [5.74, 6) is 0.865. The van der Waals surface area contributed by atoms with Gasteiger partial charge in [-0.1, -0.05) is 11.6 Å². The van der Waals surface area contributed by atoms with Gasteiger partial charge in [0.2, 0.25) is 5.96 Å². The molecule has 0 aliphatic rings. The van der Waals surface area contributed by atoms with Crippen LogP contribution in [0.3, 0.4) is 0 Å². The molecule has 1 rings (SSSR count). The molecule has 0 atom stereocenters. The fourth-order valence-corrected chi connectivity index (χ4v) is 1.37. The molecule has 0 saturated carbocycles. The maximum Gasteiger partial charge on any atom is 0.225 e. The highest BCUT2D eigenvalue weighted by Crippen LogP contribution is 2.13. The monoisotopic (exact) mass is 281 g/mol. The first kappa shape index (κ1) is 15.3. The van der Waals surface area contributed by atoms with E-state index in [-0.39, 0.29) is 6.04 Å². The van der Waals surface area contributed by atoms with Gasteiger partial charge in [0, 0.05) is 30.8 Å². The van der Waals surface area contributed by atoms with Crippen molar-refractivity contribution >= 4 is 29.2 Å². The quantitative estimate of drug-likeness (QED) is 0.646. The zero-order valence-corrected chi connectivity index (χ0v) is 12.4. The SMILES string of the molecule is CN=C(N=C(N)N(C)C(C)C)Nc1ccc(Cl)cc1. The second-order valence-corrected chi connectivity index (χ2v) is 4.79. The second-order valence-electron chi connectivity index (χ2n) is 4.35. The largest absolute Gasteiger partial charge is 0.369 e. The number of nitrogens with two attached hydrogens (primary N) is 1. The van der Waals surface area contributed by atoms with E-state index in [1.54, 1.807) is 19.2 Å². The van der Waals surface area contributed by atoms with E-state index in [1.807, 2.05) is 37.9 Å². The van der Waals surface area contributed by atoms with Gasteiger partial charge in [0.05, 0.1) is 0 Å². The third kappa shape index (κ3) is 4.79. The summed E-state index contributed by atoms with van der Waals surface area (Å²) in [4.78, 5) is 10.2. The molecule has 0 fully saturated rings. The van der Waals surface area contributed by atoms with Crippen molar-refractivity contribution < 1.29 is 0 Å². The minimum atomic E-state index is 0.275. The molecule has 0 saturated heterocycles. The van der Waals surface area contributed by atoms with Crippen LogP contribution in [0.5, 0.6) is 0 Å². The first-order chi connectivity index (χ1) is 8.93. The number of hydrogen-bond donors (Lipinski definition) is 2. The van der Waals surface area contributed by atoms with Crippen LogP contribution in [-0.4, -0.2) is 37.0 Å². The van der Waals surface area contributed by atoms with Gasteiger partial charge < -0.3 is 16.0 Å². The molecule has 19 heavy (non-hydrogen) atoms. The van der Waals surface area contributed by atoms with E-state index in [4.69, 9.17) is 17.3 Å². The Labute approximate surface area is 119 Å². The van der Waals surface area contributed by atoms with E-state index in [2.05, 4.69) is 15.3 Å². The zero-order chi connectivity index (χ0) is 14.4. The minimum Gasteiger partial charge on any atom is -0.369 e. The number of hydrogen-bond acceptors (Lipinski definition) is 1. The summed E-state index contributed by atoms with van der Waals surface area (Å²) in [5.41, 5.74) is 6.76. The van der Waals surface area contributed by atoms with Gasteiger partial charge in [-0.3, -0.25) is 4.99 Å². The van der Waals surface area contributed by atoms with E-state index >= 15 is 0 Å². The fraction of sp³-hybridized carbons (Fsp3) is 0.385. The van der Waals surface area contributed by atoms with E-state index < -0.39 is 0 Å². The van der Waals surface area contributed by atoms with Gasteiger partial charge in [-0.25, -0.2) is 0 Å². The maximum absolute atomic E-state index is 5.91. The average Bonchev–Trinajstić information content (AvgIpc) is 2.39. The summed E-state index contributed by atoms with van der Waals surface area (Å²) in [6.07, 6.45) is 0. The molecule has 0 aliphatic heterocycles. The van der Waals surface area contributed by atoms with Crippen molar-refractivity contribution in [1.29, 1.82) is 0 Å². The topological polar surface area (TPSA) is 66.0 Å². The Morgan fingerprint density at radius 1 is 1.32 bits per heavy atom. The number of rotatable bonds is 2. The molecule has 0 unspecified atom stereocenters. The van der Waals surface area contributed by atoms with Crippen LogP contribution in [0.25, 0.3) is 0 Å². The average molecular weight is 282 g/mol. The van der Waals surface area contributed by atoms with Gasteiger partial charge in [-0.05, 0) is 38.1 Å². The van der Waals surface area contributed by atoms with Crippen molar-refractivity contribution in [1.82, 2.24) is 4.90 Å². The smallest absolute Gasteiger partial charge is 0.225 e. The minimum absolute atomic E-state index is 0.275. The molecule has 1 aromatic carbocycles. The number of nitrogens with one attached hydrogen (secondary N) is 1. The van der Waals surface area contributed by atoms with Crippen molar-refractivity contribution in [2.75, 3.05) is 19.4 Å². The first-order valence-electron chi connectivity index (χ1n) is 6.00. The van der Waals surface area contributed by atoms with Crippen molar-refractivity contribution in [3.8, 4) is 0 Å². The number of aliphatic imine (C=N–C) groups is 2. The van der Waals surface area contributed by atoms with Crippen LogP contribution in [0.4, 0.5) is 5.69 Å². The number of halogens is 1. The molecule has 6 heteroatoms. The number of nitrogens with zero attached hydrogens (tertiary/aromatic N) is 3. The molecule has 104 valence electrons. The molecule has 3 N–H and O–H groups in total. The van der Waals surface area contributed by atoms with Crippen LogP contribution >= 0.6 is 11.6 Å².